The zero-order valence-electron chi connectivity index (χ0n) is 25.5. The van der Waals surface area contributed by atoms with Crippen LogP contribution in [0.4, 0.5) is 0 Å². The summed E-state index contributed by atoms with van der Waals surface area (Å²) in [6.45, 7) is 20.3. The van der Waals surface area contributed by atoms with Gasteiger partial charge in [0, 0.05) is 6.16 Å². The first-order chi connectivity index (χ1) is 17.3. The topological polar surface area (TPSA) is 61.8 Å². The van der Waals surface area contributed by atoms with Crippen molar-refractivity contribution in [2.24, 2.45) is 0 Å². The van der Waals surface area contributed by atoms with Crippen LogP contribution in [0.15, 0.2) is 46.6 Å². The van der Waals surface area contributed by atoms with Crippen molar-refractivity contribution in [1.82, 2.24) is 0 Å². The lowest BCUT2D eigenvalue weighted by molar-refractivity contribution is 0.206. The van der Waals surface area contributed by atoms with E-state index in [9.17, 15) is 9.13 Å². The quantitative estimate of drug-likeness (QED) is 0.110. The molecular weight excluding hydrogens is 502 g/mol. The molecule has 0 spiro atoms. The molecule has 0 aromatic heterocycles. The highest BCUT2D eigenvalue weighted by Crippen LogP contribution is 2.77. The molecule has 0 aromatic rings. The molecule has 0 saturated carbocycles. The minimum absolute atomic E-state index is 0.227. The SMILES string of the molecule is CCOP(=O)(CCC=C(C)CCC=C(C)CCC=C(C)CCC=C(C)C)C(C)(C)P(=O)(OCC)OCC. The molecular formula is C30H56O5P2. The molecule has 0 heterocycles. The van der Waals surface area contributed by atoms with Gasteiger partial charge >= 0.3 is 7.60 Å². The fraction of sp³-hybridized carbons (Fsp3) is 0.733. The molecule has 0 saturated heterocycles. The molecule has 5 nitrogen and oxygen atoms in total. The van der Waals surface area contributed by atoms with Crippen molar-refractivity contribution in [2.75, 3.05) is 26.0 Å². The van der Waals surface area contributed by atoms with Crippen LogP contribution in [0.5, 0.6) is 0 Å². The average Bonchev–Trinajstić information content (AvgIpc) is 2.79. The van der Waals surface area contributed by atoms with Gasteiger partial charge in [-0.3, -0.25) is 9.13 Å². The average molecular weight is 559 g/mol. The second-order valence-electron chi connectivity index (χ2n) is 10.5. The third kappa shape index (κ3) is 13.3. The van der Waals surface area contributed by atoms with E-state index in [1.165, 1.54) is 22.3 Å². The largest absolute Gasteiger partial charge is 0.345 e. The molecule has 37 heavy (non-hydrogen) atoms. The molecule has 0 radical (unpaired) electrons. The lowest BCUT2D eigenvalue weighted by Gasteiger charge is -2.38. The highest BCUT2D eigenvalue weighted by molar-refractivity contribution is 7.76. The molecule has 7 heteroatoms. The van der Waals surface area contributed by atoms with E-state index < -0.39 is 19.9 Å². The summed E-state index contributed by atoms with van der Waals surface area (Å²) >= 11 is 0. The van der Waals surface area contributed by atoms with Crippen LogP contribution in [-0.2, 0) is 22.7 Å². The Kier molecular flexibility index (Phi) is 18.2. The van der Waals surface area contributed by atoms with Crippen molar-refractivity contribution in [1.29, 1.82) is 0 Å². The minimum Gasteiger partial charge on any atom is -0.328 e. The Morgan fingerprint density at radius 1 is 0.622 bits per heavy atom. The number of allylic oxidation sites excluding steroid dienone is 8. The molecule has 0 aliphatic heterocycles. The first kappa shape index (κ1) is 36.3. The monoisotopic (exact) mass is 558 g/mol. The molecule has 0 rings (SSSR count). The zero-order chi connectivity index (χ0) is 28.5. The van der Waals surface area contributed by atoms with Crippen LogP contribution in [0.2, 0.25) is 0 Å². The molecule has 1 unspecified atom stereocenters. The third-order valence-electron chi connectivity index (χ3n) is 6.51. The summed E-state index contributed by atoms with van der Waals surface area (Å²) in [5, 5.41) is 0. The van der Waals surface area contributed by atoms with Gasteiger partial charge in [0.05, 0.1) is 19.8 Å². The maximum atomic E-state index is 14.0. The Morgan fingerprint density at radius 2 is 1.00 bits per heavy atom. The van der Waals surface area contributed by atoms with Crippen molar-refractivity contribution in [3.05, 3.63) is 46.6 Å². The van der Waals surface area contributed by atoms with Gasteiger partial charge in [-0.2, -0.15) is 0 Å². The Bertz CT molecular complexity index is 866. The Labute approximate surface area is 229 Å². The van der Waals surface area contributed by atoms with Crippen molar-refractivity contribution < 1.29 is 22.7 Å². The van der Waals surface area contributed by atoms with E-state index in [2.05, 4.69) is 58.9 Å². The summed E-state index contributed by atoms with van der Waals surface area (Å²) < 4.78 is 44.4. The molecule has 0 bridgehead atoms. The van der Waals surface area contributed by atoms with Gasteiger partial charge in [-0.15, -0.1) is 0 Å². The standard InChI is InChI=1S/C30H56O5P2/c1-11-33-36(31,30(9,10)37(32,34-12-2)35-13-3)25-17-24-29(8)23-16-22-28(7)21-15-20-27(6)19-14-18-26(4)5/h18,20,22,24H,11-17,19,21,23,25H2,1-10H3. The van der Waals surface area contributed by atoms with Crippen molar-refractivity contribution in [3.8, 4) is 0 Å². The van der Waals surface area contributed by atoms with Crippen molar-refractivity contribution >= 4 is 15.0 Å². The van der Waals surface area contributed by atoms with Gasteiger partial charge < -0.3 is 13.6 Å². The second-order valence-corrected chi connectivity index (χ2v) is 16.6. The molecule has 216 valence electrons. The fourth-order valence-electron chi connectivity index (χ4n) is 4.05. The summed E-state index contributed by atoms with van der Waals surface area (Å²) in [5.74, 6) is 0. The lowest BCUT2D eigenvalue weighted by atomic mass is 10.0. The minimum atomic E-state index is -3.62. The summed E-state index contributed by atoms with van der Waals surface area (Å²) in [5.41, 5.74) is 5.54. The lowest BCUT2D eigenvalue weighted by Crippen LogP contribution is -2.26. The number of hydrogen-bond donors (Lipinski definition) is 0. The molecule has 1 atom stereocenters. The second kappa shape index (κ2) is 18.6. The van der Waals surface area contributed by atoms with E-state index in [1.54, 1.807) is 27.7 Å². The van der Waals surface area contributed by atoms with Crippen molar-refractivity contribution in [3.63, 3.8) is 0 Å². The first-order valence-corrected chi connectivity index (χ1v) is 17.4. The first-order valence-electron chi connectivity index (χ1n) is 14.0. The molecule has 0 aromatic carbocycles. The summed E-state index contributed by atoms with van der Waals surface area (Å²) in [7, 11) is -6.93. The molecule has 0 N–H and O–H groups in total. The number of rotatable bonds is 20. The number of hydrogen-bond acceptors (Lipinski definition) is 5. The summed E-state index contributed by atoms with van der Waals surface area (Å²) in [4.78, 5) is -1.22. The van der Waals surface area contributed by atoms with Crippen LogP contribution < -0.4 is 0 Å². The van der Waals surface area contributed by atoms with E-state index >= 15 is 0 Å². The predicted octanol–water partition coefficient (Wildman–Crippen LogP) is 10.8. The van der Waals surface area contributed by atoms with Crippen LogP contribution >= 0.6 is 15.0 Å². The third-order valence-corrected chi connectivity index (χ3v) is 13.9. The summed E-state index contributed by atoms with van der Waals surface area (Å²) in [6.07, 6.45) is 16.5. The van der Waals surface area contributed by atoms with Gasteiger partial charge in [-0.05, 0) is 114 Å². The predicted molar refractivity (Wildman–Crippen MR) is 162 cm³/mol. The van der Waals surface area contributed by atoms with E-state index in [4.69, 9.17) is 13.6 Å². The van der Waals surface area contributed by atoms with Crippen molar-refractivity contribution in [2.45, 2.75) is 119 Å². The van der Waals surface area contributed by atoms with E-state index in [0.717, 1.165) is 38.5 Å². The van der Waals surface area contributed by atoms with Crippen LogP contribution in [0.3, 0.4) is 0 Å². The summed E-state index contributed by atoms with van der Waals surface area (Å²) in [6, 6.07) is 0. The van der Waals surface area contributed by atoms with Gasteiger partial charge in [0.15, 0.2) is 0 Å². The Balaban J connectivity index is 4.94. The van der Waals surface area contributed by atoms with Crippen LogP contribution in [0.1, 0.15) is 114 Å². The maximum Gasteiger partial charge on any atom is 0.345 e. The fourth-order valence-corrected chi connectivity index (χ4v) is 9.63. The zero-order valence-corrected chi connectivity index (χ0v) is 27.3. The van der Waals surface area contributed by atoms with Gasteiger partial charge in [-0.25, -0.2) is 0 Å². The van der Waals surface area contributed by atoms with Gasteiger partial charge in [0.25, 0.3) is 0 Å². The highest BCUT2D eigenvalue weighted by Gasteiger charge is 2.56. The molecule has 0 aliphatic carbocycles. The molecule has 0 fully saturated rings. The van der Waals surface area contributed by atoms with Gasteiger partial charge in [0.2, 0.25) is 7.37 Å². The Hall–Kier alpha value is -0.700. The highest BCUT2D eigenvalue weighted by atomic mass is 31.2. The van der Waals surface area contributed by atoms with E-state index in [0.29, 0.717) is 12.6 Å². The normalized spacial score (nSPS) is 15.6. The van der Waals surface area contributed by atoms with Crippen LogP contribution in [0.25, 0.3) is 0 Å². The molecule has 0 amide bonds. The van der Waals surface area contributed by atoms with E-state index in [-0.39, 0.29) is 19.8 Å². The van der Waals surface area contributed by atoms with E-state index in [1.807, 2.05) is 6.92 Å². The smallest absolute Gasteiger partial charge is 0.328 e. The van der Waals surface area contributed by atoms with Gasteiger partial charge in [0.1, 0.15) is 4.90 Å². The van der Waals surface area contributed by atoms with Crippen LogP contribution in [0, 0.1) is 0 Å². The molecule has 0 aliphatic rings. The van der Waals surface area contributed by atoms with Gasteiger partial charge in [-0.1, -0.05) is 46.6 Å². The van der Waals surface area contributed by atoms with Crippen LogP contribution in [-0.4, -0.2) is 30.9 Å². The Morgan fingerprint density at radius 3 is 1.38 bits per heavy atom. The maximum absolute atomic E-state index is 14.0.